The van der Waals surface area contributed by atoms with Crippen molar-refractivity contribution in [2.75, 3.05) is 7.11 Å². The summed E-state index contributed by atoms with van der Waals surface area (Å²) in [6.45, 7) is 3.79. The zero-order valence-corrected chi connectivity index (χ0v) is 19.9. The third-order valence-electron chi connectivity index (χ3n) is 4.61. The number of carbonyl (C=O) groups is 2. The molecule has 33 heavy (non-hydrogen) atoms. The van der Waals surface area contributed by atoms with Crippen LogP contribution < -0.4 is 20.1 Å². The molecule has 0 aliphatic rings. The predicted molar refractivity (Wildman–Crippen MR) is 129 cm³/mol. The Balaban J connectivity index is 1.95. The van der Waals surface area contributed by atoms with Crippen molar-refractivity contribution in [1.82, 2.24) is 10.6 Å². The number of hydrogen-bond acceptors (Lipinski definition) is 4. The molecule has 0 radical (unpaired) electrons. The van der Waals surface area contributed by atoms with Crippen molar-refractivity contribution < 1.29 is 19.1 Å². The summed E-state index contributed by atoms with van der Waals surface area (Å²) in [7, 11) is 1.54. The molecule has 0 fully saturated rings. The van der Waals surface area contributed by atoms with Crippen LogP contribution in [0.5, 0.6) is 11.5 Å². The highest BCUT2D eigenvalue weighted by Gasteiger charge is 2.21. The van der Waals surface area contributed by atoms with Gasteiger partial charge in [-0.2, -0.15) is 0 Å². The number of ether oxygens (including phenoxy) is 2. The molecule has 2 amide bonds. The lowest BCUT2D eigenvalue weighted by molar-refractivity contribution is 0.0883. The van der Waals surface area contributed by atoms with Gasteiger partial charge >= 0.3 is 0 Å². The number of halogens is 2. The minimum Gasteiger partial charge on any atom is -0.493 e. The molecule has 0 atom stereocenters. The minimum atomic E-state index is -0.872. The summed E-state index contributed by atoms with van der Waals surface area (Å²) in [6.07, 6.45) is -0.974. The Morgan fingerprint density at radius 3 is 1.79 bits per heavy atom. The molecule has 0 saturated carbocycles. The number of nitrogens with one attached hydrogen (secondary N) is 2. The Labute approximate surface area is 202 Å². The van der Waals surface area contributed by atoms with E-state index in [9.17, 15) is 9.59 Å². The van der Waals surface area contributed by atoms with Gasteiger partial charge in [0.1, 0.15) is 6.17 Å². The van der Waals surface area contributed by atoms with Crippen LogP contribution >= 0.6 is 23.2 Å². The lowest BCUT2D eigenvalue weighted by Gasteiger charge is -2.23. The molecule has 2 N–H and O–H groups in total. The lowest BCUT2D eigenvalue weighted by atomic mass is 10.1. The zero-order chi connectivity index (χ0) is 24.0. The quantitative estimate of drug-likeness (QED) is 0.403. The third kappa shape index (κ3) is 6.63. The van der Waals surface area contributed by atoms with Crippen LogP contribution in [0.1, 0.15) is 46.3 Å². The SMILES string of the molecule is COc1ccc(C(NC(=O)c2cccc(Cl)c2)NC(=O)c2cccc(Cl)c2)cc1OC(C)C. The molecule has 0 unspecified atom stereocenters. The Morgan fingerprint density at radius 2 is 1.33 bits per heavy atom. The Hall–Kier alpha value is -3.22. The zero-order valence-electron chi connectivity index (χ0n) is 18.4. The molecular weight excluding hydrogens is 463 g/mol. The number of benzene rings is 3. The first-order chi connectivity index (χ1) is 15.8. The van der Waals surface area contributed by atoms with Gasteiger partial charge in [0.05, 0.1) is 13.2 Å². The molecular formula is C25H24Cl2N2O4. The molecule has 3 aromatic carbocycles. The van der Waals surface area contributed by atoms with Gasteiger partial charge in [-0.25, -0.2) is 0 Å². The molecule has 0 aromatic heterocycles. The van der Waals surface area contributed by atoms with Gasteiger partial charge in [0.2, 0.25) is 0 Å². The maximum absolute atomic E-state index is 12.9. The largest absolute Gasteiger partial charge is 0.493 e. The number of carbonyl (C=O) groups excluding carboxylic acids is 2. The Kier molecular flexibility index (Phi) is 8.20. The van der Waals surface area contributed by atoms with Crippen molar-refractivity contribution in [2.24, 2.45) is 0 Å². The van der Waals surface area contributed by atoms with Crippen LogP contribution in [0.15, 0.2) is 66.7 Å². The fraction of sp³-hybridized carbons (Fsp3) is 0.200. The van der Waals surface area contributed by atoms with Crippen LogP contribution in [0.25, 0.3) is 0 Å². The monoisotopic (exact) mass is 486 g/mol. The van der Waals surface area contributed by atoms with E-state index in [2.05, 4.69) is 10.6 Å². The normalized spacial score (nSPS) is 10.8. The molecule has 3 rings (SSSR count). The van der Waals surface area contributed by atoms with E-state index in [-0.39, 0.29) is 6.10 Å². The highest BCUT2D eigenvalue weighted by Crippen LogP contribution is 2.31. The van der Waals surface area contributed by atoms with Gasteiger partial charge in [-0.05, 0) is 67.9 Å². The van der Waals surface area contributed by atoms with Crippen LogP contribution in [-0.4, -0.2) is 25.0 Å². The molecule has 0 saturated heterocycles. The molecule has 0 heterocycles. The maximum Gasteiger partial charge on any atom is 0.253 e. The van der Waals surface area contributed by atoms with Gasteiger partial charge in [-0.3, -0.25) is 9.59 Å². The first-order valence-electron chi connectivity index (χ1n) is 10.2. The number of hydrogen-bond donors (Lipinski definition) is 2. The summed E-state index contributed by atoms with van der Waals surface area (Å²) in [5.41, 5.74) is 1.31. The highest BCUT2D eigenvalue weighted by molar-refractivity contribution is 6.31. The summed E-state index contributed by atoms with van der Waals surface area (Å²) in [4.78, 5) is 25.9. The Morgan fingerprint density at radius 1 is 0.788 bits per heavy atom. The van der Waals surface area contributed by atoms with Crippen molar-refractivity contribution in [1.29, 1.82) is 0 Å². The van der Waals surface area contributed by atoms with Crippen molar-refractivity contribution >= 4 is 35.0 Å². The first-order valence-corrected chi connectivity index (χ1v) is 11.0. The van der Waals surface area contributed by atoms with Crippen molar-refractivity contribution in [3.8, 4) is 11.5 Å². The third-order valence-corrected chi connectivity index (χ3v) is 5.08. The molecule has 6 nitrogen and oxygen atoms in total. The number of methoxy groups -OCH3 is 1. The van der Waals surface area contributed by atoms with E-state index < -0.39 is 18.0 Å². The standard InChI is InChI=1S/C25H24Cl2N2O4/c1-15(2)33-22-14-16(10-11-21(22)32-3)23(28-24(30)17-6-4-8-19(26)12-17)29-25(31)18-7-5-9-20(27)13-18/h4-15,23H,1-3H3,(H,28,30)(H,29,31). The molecule has 0 aliphatic carbocycles. The van der Waals surface area contributed by atoms with E-state index in [0.29, 0.717) is 38.2 Å². The van der Waals surface area contributed by atoms with E-state index >= 15 is 0 Å². The van der Waals surface area contributed by atoms with Crippen LogP contribution in [-0.2, 0) is 0 Å². The van der Waals surface area contributed by atoms with Crippen molar-refractivity contribution in [3.05, 3.63) is 93.5 Å². The van der Waals surface area contributed by atoms with Crippen molar-refractivity contribution in [2.45, 2.75) is 26.1 Å². The fourth-order valence-corrected chi connectivity index (χ4v) is 3.49. The van der Waals surface area contributed by atoms with Gasteiger partial charge in [-0.15, -0.1) is 0 Å². The van der Waals surface area contributed by atoms with Crippen LogP contribution in [0.4, 0.5) is 0 Å². The minimum absolute atomic E-state index is 0.102. The lowest BCUT2D eigenvalue weighted by Crippen LogP contribution is -2.41. The van der Waals surface area contributed by atoms with E-state index in [1.807, 2.05) is 13.8 Å². The second-order valence-corrected chi connectivity index (χ2v) is 8.35. The van der Waals surface area contributed by atoms with Gasteiger partial charge in [0.25, 0.3) is 11.8 Å². The summed E-state index contributed by atoms with van der Waals surface area (Å²) in [5.74, 6) is 0.213. The van der Waals surface area contributed by atoms with Crippen LogP contribution in [0.2, 0.25) is 10.0 Å². The average molecular weight is 487 g/mol. The van der Waals surface area contributed by atoms with Gasteiger partial charge < -0.3 is 20.1 Å². The topological polar surface area (TPSA) is 76.7 Å². The second-order valence-electron chi connectivity index (χ2n) is 7.48. The van der Waals surface area contributed by atoms with Gasteiger partial charge in [0, 0.05) is 21.2 Å². The molecule has 0 aliphatic heterocycles. The van der Waals surface area contributed by atoms with Gasteiger partial charge in [0.15, 0.2) is 11.5 Å². The molecule has 0 bridgehead atoms. The summed E-state index contributed by atoms with van der Waals surface area (Å²) >= 11 is 12.1. The van der Waals surface area contributed by atoms with Crippen molar-refractivity contribution in [3.63, 3.8) is 0 Å². The van der Waals surface area contributed by atoms with Crippen LogP contribution in [0, 0.1) is 0 Å². The predicted octanol–water partition coefficient (Wildman–Crippen LogP) is 5.65. The van der Waals surface area contributed by atoms with E-state index in [0.717, 1.165) is 0 Å². The van der Waals surface area contributed by atoms with Gasteiger partial charge in [-0.1, -0.05) is 41.4 Å². The molecule has 3 aromatic rings. The highest BCUT2D eigenvalue weighted by atomic mass is 35.5. The summed E-state index contributed by atoms with van der Waals surface area (Å²) < 4.78 is 11.2. The first kappa shape index (κ1) is 24.4. The van der Waals surface area contributed by atoms with Crippen LogP contribution in [0.3, 0.4) is 0 Å². The van der Waals surface area contributed by atoms with E-state index in [1.54, 1.807) is 73.8 Å². The molecule has 0 spiro atoms. The summed E-state index contributed by atoms with van der Waals surface area (Å²) in [5, 5.41) is 6.56. The molecule has 172 valence electrons. The summed E-state index contributed by atoms with van der Waals surface area (Å²) in [6, 6.07) is 18.3. The van der Waals surface area contributed by atoms with E-state index in [4.69, 9.17) is 32.7 Å². The Bertz CT molecular complexity index is 1090. The number of amides is 2. The number of rotatable bonds is 8. The maximum atomic E-state index is 12.9. The average Bonchev–Trinajstić information content (AvgIpc) is 2.78. The second kappa shape index (κ2) is 11.1. The van der Waals surface area contributed by atoms with E-state index in [1.165, 1.54) is 0 Å². The smallest absolute Gasteiger partial charge is 0.253 e. The fourth-order valence-electron chi connectivity index (χ4n) is 3.11. The molecule has 8 heteroatoms.